The van der Waals surface area contributed by atoms with Crippen LogP contribution in [0.1, 0.15) is 30.4 Å². The Kier molecular flexibility index (Phi) is 9.12. The zero-order valence-corrected chi connectivity index (χ0v) is 19.9. The molecule has 2 aliphatic rings. The van der Waals surface area contributed by atoms with Gasteiger partial charge in [-0.2, -0.15) is 0 Å². The fourth-order valence-corrected chi connectivity index (χ4v) is 4.09. The van der Waals surface area contributed by atoms with Crippen LogP contribution in [0.2, 0.25) is 0 Å². The second kappa shape index (κ2) is 12.9. The Morgan fingerprint density at radius 1 is 0.889 bits per heavy atom. The second-order valence-electron chi connectivity index (χ2n) is 8.63. The van der Waals surface area contributed by atoms with Gasteiger partial charge in [0, 0.05) is 13.2 Å². The summed E-state index contributed by atoms with van der Waals surface area (Å²) in [5.74, 6) is -0.468. The van der Waals surface area contributed by atoms with Crippen LogP contribution in [-0.2, 0) is 37.0 Å². The predicted octanol–water partition coefficient (Wildman–Crippen LogP) is 2.62. The summed E-state index contributed by atoms with van der Waals surface area (Å²) in [4.78, 5) is 38.0. The summed E-state index contributed by atoms with van der Waals surface area (Å²) in [6.45, 7) is 0.808. The second-order valence-corrected chi connectivity index (χ2v) is 8.63. The number of hydrogen-bond donors (Lipinski definition) is 3. The normalized spacial score (nSPS) is 23.7. The van der Waals surface area contributed by atoms with Crippen LogP contribution >= 0.6 is 0 Å². The van der Waals surface area contributed by atoms with Crippen molar-refractivity contribution < 1.29 is 33.3 Å². The summed E-state index contributed by atoms with van der Waals surface area (Å²) in [6.07, 6.45) is -0.0456. The van der Waals surface area contributed by atoms with Gasteiger partial charge in [-0.25, -0.2) is 9.59 Å². The first-order valence-corrected chi connectivity index (χ1v) is 12.1. The Hall–Kier alpha value is -3.63. The van der Waals surface area contributed by atoms with Crippen LogP contribution in [0.3, 0.4) is 0 Å². The SMILES string of the molecule is O=C(N[C@H]1[C@H](O[C@@H]2CCCCO2)CNC(=O)[C@@H]1NC(=O)OCc1ccccc1)OCc1ccccc1. The van der Waals surface area contributed by atoms with Crippen molar-refractivity contribution in [2.24, 2.45) is 0 Å². The molecule has 0 bridgehead atoms. The van der Waals surface area contributed by atoms with E-state index in [1.54, 1.807) is 0 Å². The number of nitrogens with one attached hydrogen (secondary N) is 3. The summed E-state index contributed by atoms with van der Waals surface area (Å²) in [7, 11) is 0. The highest BCUT2D eigenvalue weighted by atomic mass is 16.7. The van der Waals surface area contributed by atoms with Crippen molar-refractivity contribution in [3.8, 4) is 0 Å². The molecule has 3 amide bonds. The van der Waals surface area contributed by atoms with Crippen LogP contribution < -0.4 is 16.0 Å². The van der Waals surface area contributed by atoms with Gasteiger partial charge < -0.3 is 34.9 Å². The van der Waals surface area contributed by atoms with E-state index in [1.165, 1.54) is 0 Å². The van der Waals surface area contributed by atoms with E-state index >= 15 is 0 Å². The number of carbonyl (C=O) groups excluding carboxylic acids is 3. The zero-order chi connectivity index (χ0) is 25.2. The van der Waals surface area contributed by atoms with E-state index < -0.39 is 42.6 Å². The van der Waals surface area contributed by atoms with Gasteiger partial charge >= 0.3 is 12.2 Å². The molecule has 0 aliphatic carbocycles. The highest BCUT2D eigenvalue weighted by molar-refractivity contribution is 5.88. The molecule has 2 aliphatic heterocycles. The van der Waals surface area contributed by atoms with Gasteiger partial charge in [0.2, 0.25) is 5.91 Å². The molecule has 0 saturated carbocycles. The van der Waals surface area contributed by atoms with E-state index in [4.69, 9.17) is 18.9 Å². The average molecular weight is 498 g/mol. The molecule has 4 rings (SSSR count). The number of benzene rings is 2. The summed E-state index contributed by atoms with van der Waals surface area (Å²) in [6, 6.07) is 16.4. The third-order valence-corrected chi connectivity index (χ3v) is 5.97. The Balaban J connectivity index is 1.41. The van der Waals surface area contributed by atoms with Gasteiger partial charge in [0.25, 0.3) is 0 Å². The van der Waals surface area contributed by atoms with Crippen molar-refractivity contribution in [2.45, 2.75) is 57.0 Å². The minimum Gasteiger partial charge on any atom is -0.445 e. The average Bonchev–Trinajstić information content (AvgIpc) is 2.91. The van der Waals surface area contributed by atoms with Crippen molar-refractivity contribution in [1.29, 1.82) is 0 Å². The number of carbonyl (C=O) groups is 3. The fourth-order valence-electron chi connectivity index (χ4n) is 4.09. The smallest absolute Gasteiger partial charge is 0.408 e. The van der Waals surface area contributed by atoms with Crippen molar-refractivity contribution in [3.05, 3.63) is 71.8 Å². The number of rotatable bonds is 8. The molecule has 2 heterocycles. The number of amides is 3. The topological polar surface area (TPSA) is 124 Å². The lowest BCUT2D eigenvalue weighted by atomic mass is 9.97. The first kappa shape index (κ1) is 25.5. The molecule has 2 fully saturated rings. The van der Waals surface area contributed by atoms with Gasteiger partial charge in [0.15, 0.2) is 6.29 Å². The lowest BCUT2D eigenvalue weighted by Crippen LogP contribution is -2.69. The van der Waals surface area contributed by atoms with Crippen molar-refractivity contribution in [3.63, 3.8) is 0 Å². The van der Waals surface area contributed by atoms with E-state index in [0.29, 0.717) is 13.0 Å². The van der Waals surface area contributed by atoms with Gasteiger partial charge in [-0.3, -0.25) is 4.79 Å². The monoisotopic (exact) mass is 497 g/mol. The van der Waals surface area contributed by atoms with E-state index in [-0.39, 0.29) is 19.8 Å². The number of alkyl carbamates (subject to hydrolysis) is 2. The lowest BCUT2D eigenvalue weighted by Gasteiger charge is -2.39. The summed E-state index contributed by atoms with van der Waals surface area (Å²) >= 11 is 0. The van der Waals surface area contributed by atoms with Gasteiger partial charge in [0.05, 0.1) is 6.04 Å². The van der Waals surface area contributed by atoms with Crippen LogP contribution in [0.5, 0.6) is 0 Å². The van der Waals surface area contributed by atoms with E-state index in [9.17, 15) is 14.4 Å². The summed E-state index contributed by atoms with van der Waals surface area (Å²) in [5, 5.41) is 8.02. The van der Waals surface area contributed by atoms with Crippen LogP contribution in [0.4, 0.5) is 9.59 Å². The van der Waals surface area contributed by atoms with E-state index in [2.05, 4.69) is 16.0 Å². The lowest BCUT2D eigenvalue weighted by molar-refractivity contribution is -0.197. The van der Waals surface area contributed by atoms with Crippen LogP contribution in [0.25, 0.3) is 0 Å². The molecule has 10 heteroatoms. The van der Waals surface area contributed by atoms with Crippen LogP contribution in [0, 0.1) is 0 Å². The Morgan fingerprint density at radius 2 is 1.50 bits per heavy atom. The van der Waals surface area contributed by atoms with E-state index in [0.717, 1.165) is 24.0 Å². The highest BCUT2D eigenvalue weighted by Crippen LogP contribution is 2.20. The van der Waals surface area contributed by atoms with Crippen molar-refractivity contribution in [1.82, 2.24) is 16.0 Å². The quantitative estimate of drug-likeness (QED) is 0.512. The maximum Gasteiger partial charge on any atom is 0.408 e. The Labute approximate surface area is 209 Å². The molecule has 36 heavy (non-hydrogen) atoms. The third kappa shape index (κ3) is 7.43. The zero-order valence-electron chi connectivity index (χ0n) is 19.9. The predicted molar refractivity (Wildman–Crippen MR) is 129 cm³/mol. The fraction of sp³-hybridized carbons (Fsp3) is 0.423. The van der Waals surface area contributed by atoms with Crippen molar-refractivity contribution >= 4 is 18.1 Å². The van der Waals surface area contributed by atoms with Crippen molar-refractivity contribution in [2.75, 3.05) is 13.2 Å². The Bertz CT molecular complexity index is 999. The maximum absolute atomic E-state index is 12.8. The molecule has 2 aromatic rings. The molecule has 0 spiro atoms. The first-order chi connectivity index (χ1) is 17.6. The van der Waals surface area contributed by atoms with Crippen LogP contribution in [0.15, 0.2) is 60.7 Å². The van der Waals surface area contributed by atoms with Gasteiger partial charge in [-0.1, -0.05) is 60.7 Å². The summed E-state index contributed by atoms with van der Waals surface area (Å²) in [5.41, 5.74) is 1.62. The number of ether oxygens (including phenoxy) is 4. The maximum atomic E-state index is 12.8. The molecule has 0 radical (unpaired) electrons. The molecule has 4 atom stereocenters. The number of hydrogen-bond acceptors (Lipinski definition) is 7. The third-order valence-electron chi connectivity index (χ3n) is 5.97. The van der Waals surface area contributed by atoms with Gasteiger partial charge in [0.1, 0.15) is 25.4 Å². The minimum absolute atomic E-state index is 0.0358. The summed E-state index contributed by atoms with van der Waals surface area (Å²) < 4.78 is 22.4. The van der Waals surface area contributed by atoms with Crippen LogP contribution in [-0.4, -0.2) is 55.7 Å². The Morgan fingerprint density at radius 3 is 2.08 bits per heavy atom. The standard InChI is InChI=1S/C26H31N3O7/c30-24-23(29-26(32)35-17-19-11-5-2-6-12-19)22(20(15-27-24)36-21-13-7-8-14-33-21)28-25(31)34-16-18-9-3-1-4-10-18/h1-6,9-12,20-23H,7-8,13-17H2,(H,27,30)(H,28,31)(H,29,32)/t20-,21-,22+,23-/m1/s1. The molecular weight excluding hydrogens is 466 g/mol. The molecule has 0 aromatic heterocycles. The van der Waals surface area contributed by atoms with Gasteiger partial charge in [-0.05, 0) is 30.4 Å². The van der Waals surface area contributed by atoms with E-state index in [1.807, 2.05) is 60.7 Å². The first-order valence-electron chi connectivity index (χ1n) is 12.1. The molecule has 2 saturated heterocycles. The molecular formula is C26H31N3O7. The molecule has 192 valence electrons. The molecule has 3 N–H and O–H groups in total. The highest BCUT2D eigenvalue weighted by Gasteiger charge is 2.43. The van der Waals surface area contributed by atoms with Gasteiger partial charge in [-0.15, -0.1) is 0 Å². The minimum atomic E-state index is -1.14. The molecule has 0 unspecified atom stereocenters. The largest absolute Gasteiger partial charge is 0.445 e. The molecule has 2 aromatic carbocycles. The number of piperidine rings is 1. The molecule has 10 nitrogen and oxygen atoms in total.